The highest BCUT2D eigenvalue weighted by Crippen LogP contribution is 2.23. The Bertz CT molecular complexity index is 284. The highest BCUT2D eigenvalue weighted by molar-refractivity contribution is 5.71. The number of likely N-dealkylation sites (N-methyl/N-ethyl adjacent to an activating group) is 1. The van der Waals surface area contributed by atoms with Gasteiger partial charge in [0.05, 0.1) is 31.3 Å². The lowest BCUT2D eigenvalue weighted by molar-refractivity contribution is -0.143. The first-order chi connectivity index (χ1) is 8.08. The van der Waals surface area contributed by atoms with Crippen molar-refractivity contribution in [2.75, 3.05) is 26.8 Å². The number of carboxylic acids is 1. The molecule has 0 aromatic carbocycles. The summed E-state index contributed by atoms with van der Waals surface area (Å²) in [5.41, 5.74) is 0. The Labute approximate surface area is 102 Å². The second-order valence-corrected chi connectivity index (χ2v) is 5.14. The molecule has 17 heavy (non-hydrogen) atoms. The quantitative estimate of drug-likeness (QED) is 0.783. The number of nitrogens with zero attached hydrogens (tertiary/aromatic N) is 1. The highest BCUT2D eigenvalue weighted by Gasteiger charge is 2.37. The second kappa shape index (κ2) is 5.33. The van der Waals surface area contributed by atoms with E-state index in [0.29, 0.717) is 19.3 Å². The number of rotatable bonds is 4. The van der Waals surface area contributed by atoms with E-state index < -0.39 is 11.9 Å². The summed E-state index contributed by atoms with van der Waals surface area (Å²) < 4.78 is 11.0. The van der Waals surface area contributed by atoms with Crippen LogP contribution in [-0.2, 0) is 14.3 Å². The maximum absolute atomic E-state index is 11.1. The van der Waals surface area contributed by atoms with Gasteiger partial charge in [-0.05, 0) is 26.8 Å². The number of aliphatic carboxylic acids is 1. The minimum atomic E-state index is -0.764. The van der Waals surface area contributed by atoms with Crippen molar-refractivity contribution in [3.63, 3.8) is 0 Å². The van der Waals surface area contributed by atoms with Crippen molar-refractivity contribution in [2.24, 2.45) is 5.92 Å². The Hall–Kier alpha value is -0.650. The van der Waals surface area contributed by atoms with Gasteiger partial charge in [-0.3, -0.25) is 9.69 Å². The summed E-state index contributed by atoms with van der Waals surface area (Å²) in [7, 11) is 1.96. The molecule has 0 spiro atoms. The third-order valence-electron chi connectivity index (χ3n) is 3.75. The van der Waals surface area contributed by atoms with E-state index in [2.05, 4.69) is 11.8 Å². The van der Waals surface area contributed by atoms with Gasteiger partial charge in [-0.25, -0.2) is 0 Å². The Balaban J connectivity index is 1.86. The summed E-state index contributed by atoms with van der Waals surface area (Å²) in [5.74, 6) is -1.17. The number of carbonyl (C=O) groups is 1. The average molecular weight is 243 g/mol. The zero-order valence-corrected chi connectivity index (χ0v) is 10.5. The number of carboxylic acid groups (broad SMARTS) is 1. The van der Waals surface area contributed by atoms with Crippen LogP contribution in [0.2, 0.25) is 0 Å². The highest BCUT2D eigenvalue weighted by atomic mass is 16.5. The van der Waals surface area contributed by atoms with Gasteiger partial charge in [0, 0.05) is 12.6 Å². The van der Waals surface area contributed by atoms with Crippen LogP contribution < -0.4 is 0 Å². The van der Waals surface area contributed by atoms with Gasteiger partial charge in [-0.1, -0.05) is 0 Å². The van der Waals surface area contributed by atoms with E-state index >= 15 is 0 Å². The van der Waals surface area contributed by atoms with E-state index in [1.54, 1.807) is 0 Å². The minimum absolute atomic E-state index is 0.0213. The van der Waals surface area contributed by atoms with Gasteiger partial charge < -0.3 is 14.6 Å². The molecule has 0 radical (unpaired) electrons. The molecule has 2 heterocycles. The molecule has 5 heteroatoms. The van der Waals surface area contributed by atoms with Crippen molar-refractivity contribution < 1.29 is 19.4 Å². The monoisotopic (exact) mass is 243 g/mol. The predicted molar refractivity (Wildman–Crippen MR) is 61.9 cm³/mol. The van der Waals surface area contributed by atoms with E-state index in [-0.39, 0.29) is 12.1 Å². The van der Waals surface area contributed by atoms with Crippen LogP contribution in [0.25, 0.3) is 0 Å². The lowest BCUT2D eigenvalue weighted by atomic mass is 10.0. The van der Waals surface area contributed by atoms with Gasteiger partial charge in [-0.15, -0.1) is 0 Å². The van der Waals surface area contributed by atoms with Crippen molar-refractivity contribution in [2.45, 2.75) is 38.0 Å². The fraction of sp³-hybridized carbons (Fsp3) is 0.917. The summed E-state index contributed by atoms with van der Waals surface area (Å²) in [4.78, 5) is 13.1. The second-order valence-electron chi connectivity index (χ2n) is 5.14. The molecule has 4 unspecified atom stereocenters. The van der Waals surface area contributed by atoms with E-state index in [9.17, 15) is 4.79 Å². The van der Waals surface area contributed by atoms with Gasteiger partial charge in [0.25, 0.3) is 0 Å². The predicted octanol–water partition coefficient (Wildman–Crippen LogP) is 0.585. The smallest absolute Gasteiger partial charge is 0.310 e. The maximum Gasteiger partial charge on any atom is 0.310 e. The van der Waals surface area contributed by atoms with Gasteiger partial charge >= 0.3 is 5.97 Å². The summed E-state index contributed by atoms with van der Waals surface area (Å²) in [6.45, 7) is 3.71. The molecule has 0 bridgehead atoms. The van der Waals surface area contributed by atoms with Crippen molar-refractivity contribution >= 4 is 5.97 Å². The average Bonchev–Trinajstić information content (AvgIpc) is 2.86. The first kappa shape index (κ1) is 12.8. The zero-order chi connectivity index (χ0) is 12.4. The SMILES string of the molecule is CC1CCC(CN(C)C2COCC2C(=O)O)O1. The Kier molecular flexibility index (Phi) is 4.01. The fourth-order valence-electron chi connectivity index (χ4n) is 2.69. The fourth-order valence-corrected chi connectivity index (χ4v) is 2.69. The summed E-state index contributed by atoms with van der Waals surface area (Å²) in [6, 6.07) is -0.0213. The van der Waals surface area contributed by atoms with Crippen LogP contribution in [0.3, 0.4) is 0 Å². The molecule has 0 amide bonds. The molecule has 0 aromatic heterocycles. The number of ether oxygens (including phenoxy) is 2. The number of hydrogen-bond donors (Lipinski definition) is 1. The van der Waals surface area contributed by atoms with Crippen molar-refractivity contribution in [1.29, 1.82) is 0 Å². The summed E-state index contributed by atoms with van der Waals surface area (Å²) in [6.07, 6.45) is 2.74. The summed E-state index contributed by atoms with van der Waals surface area (Å²) in [5, 5.41) is 9.10. The molecule has 0 aliphatic carbocycles. The van der Waals surface area contributed by atoms with E-state index in [4.69, 9.17) is 14.6 Å². The topological polar surface area (TPSA) is 59.0 Å². The van der Waals surface area contributed by atoms with Gasteiger partial charge in [0.2, 0.25) is 0 Å². The molecule has 2 aliphatic heterocycles. The molecule has 0 aromatic rings. The van der Waals surface area contributed by atoms with E-state index in [0.717, 1.165) is 19.4 Å². The molecule has 2 fully saturated rings. The third-order valence-corrected chi connectivity index (χ3v) is 3.75. The van der Waals surface area contributed by atoms with Crippen molar-refractivity contribution in [3.8, 4) is 0 Å². The van der Waals surface area contributed by atoms with Crippen LogP contribution in [0, 0.1) is 5.92 Å². The molecule has 0 saturated carbocycles. The first-order valence-corrected chi connectivity index (χ1v) is 6.24. The molecule has 98 valence electrons. The zero-order valence-electron chi connectivity index (χ0n) is 10.5. The van der Waals surface area contributed by atoms with E-state index in [1.165, 1.54) is 0 Å². The lowest BCUT2D eigenvalue weighted by Crippen LogP contribution is -2.44. The van der Waals surface area contributed by atoms with Crippen molar-refractivity contribution in [1.82, 2.24) is 4.90 Å². The van der Waals surface area contributed by atoms with Crippen LogP contribution in [0.15, 0.2) is 0 Å². The molecule has 2 saturated heterocycles. The van der Waals surface area contributed by atoms with Gasteiger partial charge in [-0.2, -0.15) is 0 Å². The van der Waals surface area contributed by atoms with Crippen molar-refractivity contribution in [3.05, 3.63) is 0 Å². The van der Waals surface area contributed by atoms with Crippen LogP contribution in [-0.4, -0.2) is 61.0 Å². The lowest BCUT2D eigenvalue weighted by Gasteiger charge is -2.28. The van der Waals surface area contributed by atoms with Crippen LogP contribution in [0.1, 0.15) is 19.8 Å². The summed E-state index contributed by atoms with van der Waals surface area (Å²) >= 11 is 0. The van der Waals surface area contributed by atoms with Crippen LogP contribution in [0.4, 0.5) is 0 Å². The van der Waals surface area contributed by atoms with Gasteiger partial charge in [0.1, 0.15) is 0 Å². The van der Waals surface area contributed by atoms with E-state index in [1.807, 2.05) is 7.05 Å². The number of hydrogen-bond acceptors (Lipinski definition) is 4. The molecule has 4 atom stereocenters. The normalized spacial score (nSPS) is 37.8. The third kappa shape index (κ3) is 2.97. The first-order valence-electron chi connectivity index (χ1n) is 6.24. The molecule has 5 nitrogen and oxygen atoms in total. The van der Waals surface area contributed by atoms with Crippen LogP contribution in [0.5, 0.6) is 0 Å². The van der Waals surface area contributed by atoms with Crippen LogP contribution >= 0.6 is 0 Å². The molecular weight excluding hydrogens is 222 g/mol. The van der Waals surface area contributed by atoms with Gasteiger partial charge in [0.15, 0.2) is 0 Å². The Morgan fingerprint density at radius 3 is 2.76 bits per heavy atom. The largest absolute Gasteiger partial charge is 0.481 e. The Morgan fingerprint density at radius 2 is 2.18 bits per heavy atom. The minimum Gasteiger partial charge on any atom is -0.481 e. The maximum atomic E-state index is 11.1. The molecular formula is C12H21NO4. The molecule has 2 aliphatic rings. The molecule has 1 N–H and O–H groups in total. The Morgan fingerprint density at radius 1 is 1.41 bits per heavy atom. The standard InChI is InChI=1S/C12H21NO4/c1-8-3-4-9(17-8)5-13(2)11-7-16-6-10(11)12(14)15/h8-11H,3-7H2,1-2H3,(H,14,15). The molecule has 2 rings (SSSR count).